The first kappa shape index (κ1) is 18.8. The third-order valence-corrected chi connectivity index (χ3v) is 7.33. The normalized spacial score (nSPS) is 35.7. The second kappa shape index (κ2) is 6.12. The molecule has 0 unspecified atom stereocenters. The van der Waals surface area contributed by atoms with Crippen LogP contribution in [0.15, 0.2) is 24.3 Å². The van der Waals surface area contributed by atoms with Crippen molar-refractivity contribution in [1.29, 1.82) is 0 Å². The number of hydrogen-bond donors (Lipinski definition) is 1. The van der Waals surface area contributed by atoms with Gasteiger partial charge in [-0.1, -0.05) is 12.1 Å². The van der Waals surface area contributed by atoms with Gasteiger partial charge in [0, 0.05) is 36.4 Å². The van der Waals surface area contributed by atoms with Crippen LogP contribution in [0.5, 0.6) is 5.75 Å². The second-order valence-corrected chi connectivity index (χ2v) is 9.10. The molecule has 1 aromatic rings. The summed E-state index contributed by atoms with van der Waals surface area (Å²) in [6.07, 6.45) is -0.0278. The molecule has 0 radical (unpaired) electrons. The number of carbonyl (C=O) groups is 2. The number of carbonyl (C=O) groups excluding carboxylic acids is 2. The molecule has 2 aliphatic carbocycles. The van der Waals surface area contributed by atoms with E-state index >= 15 is 0 Å². The summed E-state index contributed by atoms with van der Waals surface area (Å²) >= 11 is 0. The van der Waals surface area contributed by atoms with Crippen LogP contribution in [-0.2, 0) is 15.0 Å². The van der Waals surface area contributed by atoms with Gasteiger partial charge < -0.3 is 15.0 Å². The van der Waals surface area contributed by atoms with Crippen molar-refractivity contribution in [2.75, 3.05) is 13.1 Å². The number of benzene rings is 1. The maximum absolute atomic E-state index is 12.9. The van der Waals surface area contributed by atoms with E-state index in [2.05, 4.69) is 10.1 Å². The highest BCUT2D eigenvalue weighted by Crippen LogP contribution is 2.59. The number of ether oxygens (including phenoxy) is 1. The average Bonchev–Trinajstić information content (AvgIpc) is 3.24. The molecule has 1 spiro atoms. The Hall–Kier alpha value is -2.25. The lowest BCUT2D eigenvalue weighted by Gasteiger charge is -2.46. The van der Waals surface area contributed by atoms with E-state index in [0.717, 1.165) is 37.7 Å². The van der Waals surface area contributed by atoms with E-state index in [1.165, 1.54) is 12.1 Å². The fraction of sp³-hybridized carbons (Fsp3) is 0.619. The lowest BCUT2D eigenvalue weighted by Crippen LogP contribution is -2.57. The number of nitrogens with zero attached hydrogens (tertiary/aromatic N) is 1. The van der Waals surface area contributed by atoms with Crippen molar-refractivity contribution in [3.63, 3.8) is 0 Å². The van der Waals surface area contributed by atoms with Crippen LogP contribution in [0, 0.1) is 11.8 Å². The molecule has 0 aromatic heterocycles. The molecule has 29 heavy (non-hydrogen) atoms. The van der Waals surface area contributed by atoms with Crippen molar-refractivity contribution in [1.82, 2.24) is 10.2 Å². The van der Waals surface area contributed by atoms with Crippen LogP contribution in [0.3, 0.4) is 0 Å². The first-order valence-electron chi connectivity index (χ1n) is 10.1. The van der Waals surface area contributed by atoms with Crippen molar-refractivity contribution in [3.05, 3.63) is 29.8 Å². The van der Waals surface area contributed by atoms with Crippen LogP contribution < -0.4 is 10.1 Å². The third-order valence-electron chi connectivity index (χ3n) is 7.33. The van der Waals surface area contributed by atoms with Crippen molar-refractivity contribution in [2.24, 2.45) is 11.8 Å². The van der Waals surface area contributed by atoms with Gasteiger partial charge in [0.2, 0.25) is 11.8 Å². The Morgan fingerprint density at radius 3 is 2.45 bits per heavy atom. The molecule has 2 saturated carbocycles. The summed E-state index contributed by atoms with van der Waals surface area (Å²) in [7, 11) is 0. The quantitative estimate of drug-likeness (QED) is 0.836. The Morgan fingerprint density at radius 2 is 1.86 bits per heavy atom. The minimum Gasteiger partial charge on any atom is -0.406 e. The fourth-order valence-electron chi connectivity index (χ4n) is 5.70. The molecular formula is C21H23F3N2O3. The Morgan fingerprint density at radius 1 is 1.14 bits per heavy atom. The number of rotatable bonds is 3. The van der Waals surface area contributed by atoms with Gasteiger partial charge in [-0.3, -0.25) is 9.59 Å². The number of hydrogen-bond acceptors (Lipinski definition) is 3. The van der Waals surface area contributed by atoms with Gasteiger partial charge in [-0.15, -0.1) is 13.2 Å². The largest absolute Gasteiger partial charge is 0.573 e. The molecule has 1 N–H and O–H groups in total. The average molecular weight is 408 g/mol. The van der Waals surface area contributed by atoms with E-state index in [4.69, 9.17) is 0 Å². The predicted octanol–water partition coefficient (Wildman–Crippen LogP) is 3.13. The van der Waals surface area contributed by atoms with Crippen LogP contribution >= 0.6 is 0 Å². The zero-order valence-electron chi connectivity index (χ0n) is 15.9. The molecule has 2 amide bonds. The predicted molar refractivity (Wildman–Crippen MR) is 96.9 cm³/mol. The number of fused-ring (bicyclic) bond motifs is 1. The molecule has 2 saturated heterocycles. The molecule has 2 aliphatic heterocycles. The number of nitrogens with one attached hydrogen (secondary N) is 1. The monoisotopic (exact) mass is 408 g/mol. The van der Waals surface area contributed by atoms with Gasteiger partial charge in [-0.2, -0.15) is 0 Å². The molecule has 2 atom stereocenters. The van der Waals surface area contributed by atoms with Crippen molar-refractivity contribution in [2.45, 2.75) is 55.8 Å². The van der Waals surface area contributed by atoms with E-state index < -0.39 is 6.36 Å². The van der Waals surface area contributed by atoms with E-state index in [1.807, 2.05) is 4.90 Å². The molecule has 1 aromatic carbocycles. The topological polar surface area (TPSA) is 58.6 Å². The molecule has 0 bridgehead atoms. The summed E-state index contributed by atoms with van der Waals surface area (Å²) in [6.45, 7) is 1.38. The third kappa shape index (κ3) is 3.26. The van der Waals surface area contributed by atoms with Crippen molar-refractivity contribution in [3.8, 4) is 5.75 Å². The summed E-state index contributed by atoms with van der Waals surface area (Å²) in [5.41, 5.74) is 0.866. The lowest BCUT2D eigenvalue weighted by atomic mass is 9.67. The lowest BCUT2D eigenvalue weighted by molar-refractivity contribution is -0.274. The SMILES string of the molecule is O=C1CC[C@]2(C[C@H](C(=O)N3CC[C@@]4(c5ccc(OC(F)(F)F)cc5)C[C@H]4C3)C2)N1. The van der Waals surface area contributed by atoms with Gasteiger partial charge in [0.15, 0.2) is 0 Å². The van der Waals surface area contributed by atoms with Gasteiger partial charge in [0.05, 0.1) is 0 Å². The summed E-state index contributed by atoms with van der Waals surface area (Å²) in [5, 5.41) is 3.03. The molecule has 5 rings (SSSR count). The molecule has 5 nitrogen and oxygen atoms in total. The maximum atomic E-state index is 12.9. The molecular weight excluding hydrogens is 385 g/mol. The minimum atomic E-state index is -4.69. The Balaban J connectivity index is 1.18. The highest BCUT2D eigenvalue weighted by molar-refractivity contribution is 5.84. The first-order valence-corrected chi connectivity index (χ1v) is 10.1. The van der Waals surface area contributed by atoms with Crippen LogP contribution in [-0.4, -0.2) is 41.7 Å². The number of likely N-dealkylation sites (tertiary alicyclic amines) is 1. The van der Waals surface area contributed by atoms with Gasteiger partial charge in [0.1, 0.15) is 5.75 Å². The second-order valence-electron chi connectivity index (χ2n) is 9.10. The summed E-state index contributed by atoms with van der Waals surface area (Å²) < 4.78 is 41.0. The summed E-state index contributed by atoms with van der Waals surface area (Å²) in [5.74, 6) is 0.420. The molecule has 156 valence electrons. The number of halogens is 3. The number of amides is 2. The number of alkyl halides is 3. The van der Waals surface area contributed by atoms with Crippen molar-refractivity contribution < 1.29 is 27.5 Å². The zero-order chi connectivity index (χ0) is 20.4. The van der Waals surface area contributed by atoms with E-state index in [0.29, 0.717) is 25.4 Å². The van der Waals surface area contributed by atoms with Crippen LogP contribution in [0.1, 0.15) is 44.1 Å². The van der Waals surface area contributed by atoms with Gasteiger partial charge in [-0.25, -0.2) is 0 Å². The first-order chi connectivity index (χ1) is 13.7. The van der Waals surface area contributed by atoms with Crippen LogP contribution in [0.4, 0.5) is 13.2 Å². The Kier molecular flexibility index (Phi) is 3.96. The van der Waals surface area contributed by atoms with E-state index in [9.17, 15) is 22.8 Å². The fourth-order valence-corrected chi connectivity index (χ4v) is 5.70. The highest BCUT2D eigenvalue weighted by Gasteiger charge is 2.59. The minimum absolute atomic E-state index is 0.00143. The maximum Gasteiger partial charge on any atom is 0.573 e. The Labute approximate surface area is 166 Å². The molecule has 4 fully saturated rings. The van der Waals surface area contributed by atoms with Crippen LogP contribution in [0.2, 0.25) is 0 Å². The smallest absolute Gasteiger partial charge is 0.406 e. The van der Waals surface area contributed by atoms with E-state index in [1.54, 1.807) is 12.1 Å². The molecule has 8 heteroatoms. The molecule has 4 aliphatic rings. The van der Waals surface area contributed by atoms with Gasteiger partial charge >= 0.3 is 6.36 Å². The van der Waals surface area contributed by atoms with Crippen molar-refractivity contribution >= 4 is 11.8 Å². The zero-order valence-corrected chi connectivity index (χ0v) is 15.9. The van der Waals surface area contributed by atoms with Crippen LogP contribution in [0.25, 0.3) is 0 Å². The standard InChI is InChI=1S/C21H23F3N2O3/c22-21(23,24)29-16-3-1-14(2-4-16)20-7-8-26(12-15(20)11-20)18(28)13-9-19(10-13)6-5-17(27)25-19/h1-4,13,15H,5-12H2,(H,25,27)/t13-,15-,19+,20-/m0/s1. The van der Waals surface area contributed by atoms with Gasteiger partial charge in [0.25, 0.3) is 0 Å². The Bertz CT molecular complexity index is 848. The van der Waals surface area contributed by atoms with E-state index in [-0.39, 0.29) is 34.4 Å². The van der Waals surface area contributed by atoms with Gasteiger partial charge in [-0.05, 0) is 55.7 Å². The summed E-state index contributed by atoms with van der Waals surface area (Å²) in [4.78, 5) is 26.3. The highest BCUT2D eigenvalue weighted by atomic mass is 19.4. The molecule has 2 heterocycles. The summed E-state index contributed by atoms with van der Waals surface area (Å²) in [6, 6.07) is 6.18. The number of piperidine rings is 1.